The Hall–Kier alpha value is -2.17. The van der Waals surface area contributed by atoms with Gasteiger partial charge in [0.2, 0.25) is 5.95 Å². The van der Waals surface area contributed by atoms with Crippen molar-refractivity contribution in [2.45, 2.75) is 33.6 Å². The summed E-state index contributed by atoms with van der Waals surface area (Å²) in [6.45, 7) is 7.38. The Morgan fingerprint density at radius 1 is 1.19 bits per heavy atom. The van der Waals surface area contributed by atoms with Crippen LogP contribution in [-0.4, -0.2) is 21.7 Å². The molecule has 0 aliphatic carbocycles. The van der Waals surface area contributed by atoms with Gasteiger partial charge < -0.3 is 10.6 Å². The minimum absolute atomic E-state index is 0.564. The lowest BCUT2D eigenvalue weighted by atomic mass is 10.1. The highest BCUT2D eigenvalue weighted by Crippen LogP contribution is 2.19. The topological polar surface area (TPSA) is 62.7 Å². The molecule has 5 nitrogen and oxygen atoms in total. The summed E-state index contributed by atoms with van der Waals surface area (Å²) in [5, 5.41) is 14.5. The van der Waals surface area contributed by atoms with Crippen molar-refractivity contribution in [3.8, 4) is 0 Å². The summed E-state index contributed by atoms with van der Waals surface area (Å²) < 4.78 is 0. The van der Waals surface area contributed by atoms with Crippen molar-refractivity contribution < 1.29 is 0 Å². The third-order valence-corrected chi connectivity index (χ3v) is 3.22. The van der Waals surface area contributed by atoms with Crippen LogP contribution in [0.25, 0.3) is 0 Å². The van der Waals surface area contributed by atoms with Crippen molar-refractivity contribution in [1.29, 1.82) is 0 Å². The number of hydrogen-bond acceptors (Lipinski definition) is 5. The van der Waals surface area contributed by atoms with Gasteiger partial charge in [-0.25, -0.2) is 0 Å². The van der Waals surface area contributed by atoms with Gasteiger partial charge in [0.25, 0.3) is 0 Å². The Morgan fingerprint density at radius 2 is 2.00 bits per heavy atom. The van der Waals surface area contributed by atoms with Gasteiger partial charge >= 0.3 is 0 Å². The van der Waals surface area contributed by atoms with Gasteiger partial charge in [0, 0.05) is 12.2 Å². The molecule has 0 saturated carbocycles. The number of nitrogens with one attached hydrogen (secondary N) is 2. The van der Waals surface area contributed by atoms with E-state index in [0.29, 0.717) is 17.7 Å². The fourth-order valence-electron chi connectivity index (χ4n) is 2.00. The number of benzene rings is 1. The van der Waals surface area contributed by atoms with Crippen molar-refractivity contribution in [2.75, 3.05) is 17.2 Å². The van der Waals surface area contributed by atoms with Crippen molar-refractivity contribution >= 4 is 17.5 Å². The summed E-state index contributed by atoms with van der Waals surface area (Å²) in [5.74, 6) is 1.93. The monoisotopic (exact) mass is 285 g/mol. The molecule has 21 heavy (non-hydrogen) atoms. The number of hydrogen-bond donors (Lipinski definition) is 2. The highest BCUT2D eigenvalue weighted by Gasteiger charge is 2.04. The third-order valence-electron chi connectivity index (χ3n) is 3.22. The van der Waals surface area contributed by atoms with E-state index in [1.807, 2.05) is 18.2 Å². The molecule has 2 rings (SSSR count). The summed E-state index contributed by atoms with van der Waals surface area (Å²) in [4.78, 5) is 4.44. The summed E-state index contributed by atoms with van der Waals surface area (Å²) in [6.07, 6.45) is 3.70. The third kappa shape index (κ3) is 4.70. The minimum Gasteiger partial charge on any atom is -0.353 e. The van der Waals surface area contributed by atoms with E-state index >= 15 is 0 Å². The fourth-order valence-corrected chi connectivity index (χ4v) is 2.00. The zero-order valence-electron chi connectivity index (χ0n) is 12.9. The lowest BCUT2D eigenvalue weighted by molar-refractivity contribution is 0.605. The molecule has 0 spiro atoms. The molecule has 0 radical (unpaired) electrons. The van der Waals surface area contributed by atoms with Gasteiger partial charge in [0.15, 0.2) is 5.82 Å². The van der Waals surface area contributed by atoms with E-state index in [-0.39, 0.29) is 0 Å². The van der Waals surface area contributed by atoms with E-state index in [0.717, 1.165) is 25.1 Å². The average molecular weight is 285 g/mol. The van der Waals surface area contributed by atoms with Crippen molar-refractivity contribution in [2.24, 2.45) is 5.92 Å². The molecule has 5 heteroatoms. The fraction of sp³-hybridized carbons (Fsp3) is 0.438. The molecule has 112 valence electrons. The maximum absolute atomic E-state index is 4.44. The largest absolute Gasteiger partial charge is 0.353 e. The number of nitrogens with zero attached hydrogens (tertiary/aromatic N) is 3. The molecule has 0 atom stereocenters. The van der Waals surface area contributed by atoms with Crippen LogP contribution in [-0.2, 0) is 6.42 Å². The highest BCUT2D eigenvalue weighted by atomic mass is 15.3. The molecule has 0 bridgehead atoms. The van der Waals surface area contributed by atoms with Gasteiger partial charge in [-0.3, -0.25) is 0 Å². The van der Waals surface area contributed by atoms with Crippen molar-refractivity contribution in [1.82, 2.24) is 15.2 Å². The molecule has 0 aliphatic rings. The highest BCUT2D eigenvalue weighted by molar-refractivity contribution is 5.60. The van der Waals surface area contributed by atoms with Crippen LogP contribution in [0, 0.1) is 5.92 Å². The SMILES string of the molecule is CCc1ccccc1Nc1cnnc(NCCC(C)C)n1. The molecule has 0 unspecified atom stereocenters. The lowest BCUT2D eigenvalue weighted by Crippen LogP contribution is -2.09. The summed E-state index contributed by atoms with van der Waals surface area (Å²) in [5.41, 5.74) is 2.32. The molecule has 1 aromatic heterocycles. The molecular weight excluding hydrogens is 262 g/mol. The normalized spacial score (nSPS) is 10.7. The number of rotatable bonds is 7. The van der Waals surface area contributed by atoms with E-state index in [2.05, 4.69) is 52.7 Å². The number of aromatic nitrogens is 3. The number of para-hydroxylation sites is 1. The van der Waals surface area contributed by atoms with Gasteiger partial charge in [-0.05, 0) is 30.4 Å². The first-order valence-electron chi connectivity index (χ1n) is 7.47. The smallest absolute Gasteiger partial charge is 0.244 e. The van der Waals surface area contributed by atoms with Crippen molar-refractivity contribution in [3.05, 3.63) is 36.0 Å². The lowest BCUT2D eigenvalue weighted by Gasteiger charge is -2.11. The van der Waals surface area contributed by atoms with Crippen LogP contribution in [0.1, 0.15) is 32.8 Å². The minimum atomic E-state index is 0.564. The zero-order chi connectivity index (χ0) is 15.1. The van der Waals surface area contributed by atoms with Gasteiger partial charge in [-0.1, -0.05) is 39.0 Å². The van der Waals surface area contributed by atoms with Crippen LogP contribution in [0.3, 0.4) is 0 Å². The number of aryl methyl sites for hydroxylation is 1. The molecule has 0 fully saturated rings. The van der Waals surface area contributed by atoms with Gasteiger partial charge in [-0.15, -0.1) is 5.10 Å². The summed E-state index contributed by atoms with van der Waals surface area (Å²) >= 11 is 0. The predicted octanol–water partition coefficient (Wildman–Crippen LogP) is 3.64. The average Bonchev–Trinajstić information content (AvgIpc) is 2.48. The first-order chi connectivity index (χ1) is 10.2. The second-order valence-corrected chi connectivity index (χ2v) is 5.41. The van der Waals surface area contributed by atoms with Crippen LogP contribution >= 0.6 is 0 Å². The molecule has 0 saturated heterocycles. The Balaban J connectivity index is 2.03. The predicted molar refractivity (Wildman–Crippen MR) is 86.9 cm³/mol. The molecule has 1 heterocycles. The molecule has 0 aliphatic heterocycles. The molecule has 2 aromatic rings. The summed E-state index contributed by atoms with van der Waals surface area (Å²) in [6, 6.07) is 8.21. The maximum atomic E-state index is 4.44. The van der Waals surface area contributed by atoms with Gasteiger partial charge in [0.05, 0.1) is 6.20 Å². The van der Waals surface area contributed by atoms with E-state index in [9.17, 15) is 0 Å². The molecular formula is C16H23N5. The first-order valence-corrected chi connectivity index (χ1v) is 7.47. The second kappa shape index (κ2) is 7.57. The number of anilines is 3. The second-order valence-electron chi connectivity index (χ2n) is 5.41. The van der Waals surface area contributed by atoms with Gasteiger partial charge in [0.1, 0.15) is 0 Å². The van der Waals surface area contributed by atoms with Crippen LogP contribution in [0.4, 0.5) is 17.5 Å². The van der Waals surface area contributed by atoms with Crippen LogP contribution in [0.2, 0.25) is 0 Å². The van der Waals surface area contributed by atoms with Crippen LogP contribution < -0.4 is 10.6 Å². The van der Waals surface area contributed by atoms with Crippen molar-refractivity contribution in [3.63, 3.8) is 0 Å². The van der Waals surface area contributed by atoms with E-state index in [4.69, 9.17) is 0 Å². The van der Waals surface area contributed by atoms with Crippen LogP contribution in [0.5, 0.6) is 0 Å². The van der Waals surface area contributed by atoms with Gasteiger partial charge in [-0.2, -0.15) is 10.1 Å². The first kappa shape index (κ1) is 15.2. The molecule has 0 amide bonds. The van der Waals surface area contributed by atoms with E-state index < -0.39 is 0 Å². The Kier molecular flexibility index (Phi) is 5.49. The Labute approximate surface area is 126 Å². The summed E-state index contributed by atoms with van der Waals surface area (Å²) in [7, 11) is 0. The quantitative estimate of drug-likeness (QED) is 0.813. The molecule has 1 aromatic carbocycles. The standard InChI is InChI=1S/C16H23N5/c1-4-13-7-5-6-8-14(13)19-15-11-18-21-16(20-15)17-10-9-12(2)3/h5-8,11-12H,4,9-10H2,1-3H3,(H2,17,19,20,21). The zero-order valence-corrected chi connectivity index (χ0v) is 12.9. The van der Waals surface area contributed by atoms with Crippen LogP contribution in [0.15, 0.2) is 30.5 Å². The Morgan fingerprint density at radius 3 is 2.76 bits per heavy atom. The maximum Gasteiger partial charge on any atom is 0.244 e. The van der Waals surface area contributed by atoms with E-state index in [1.54, 1.807) is 6.20 Å². The Bertz CT molecular complexity index is 568. The molecule has 2 N–H and O–H groups in total. The van der Waals surface area contributed by atoms with E-state index in [1.165, 1.54) is 5.56 Å².